The molecular formula is C13H26N2O. The lowest BCUT2D eigenvalue weighted by atomic mass is 9.85. The van der Waals surface area contributed by atoms with Gasteiger partial charge < -0.3 is 10.1 Å². The maximum Gasteiger partial charge on any atom is 0.0619 e. The number of morpholine rings is 1. The van der Waals surface area contributed by atoms with Crippen molar-refractivity contribution < 1.29 is 4.74 Å². The summed E-state index contributed by atoms with van der Waals surface area (Å²) in [6.07, 6.45) is 5.64. The molecule has 1 atom stereocenters. The van der Waals surface area contributed by atoms with Crippen LogP contribution in [0.1, 0.15) is 32.6 Å². The average molecular weight is 226 g/mol. The fourth-order valence-corrected chi connectivity index (χ4v) is 3.32. The van der Waals surface area contributed by atoms with Crippen LogP contribution in [0.5, 0.6) is 0 Å². The Balaban J connectivity index is 1.93. The smallest absolute Gasteiger partial charge is 0.0619 e. The lowest BCUT2D eigenvalue weighted by Crippen LogP contribution is -2.50. The Kier molecular flexibility index (Phi) is 4.22. The van der Waals surface area contributed by atoms with Crippen molar-refractivity contribution in [2.24, 2.45) is 5.41 Å². The van der Waals surface area contributed by atoms with Crippen LogP contribution in [0.15, 0.2) is 0 Å². The van der Waals surface area contributed by atoms with Crippen LogP contribution >= 0.6 is 0 Å². The van der Waals surface area contributed by atoms with Gasteiger partial charge in [-0.25, -0.2) is 0 Å². The predicted molar refractivity (Wildman–Crippen MR) is 66.7 cm³/mol. The van der Waals surface area contributed by atoms with Crippen LogP contribution in [-0.2, 0) is 4.74 Å². The lowest BCUT2D eigenvalue weighted by Gasteiger charge is -2.40. The van der Waals surface area contributed by atoms with E-state index in [0.29, 0.717) is 11.5 Å². The zero-order chi connectivity index (χ0) is 11.4. The maximum atomic E-state index is 5.51. The third-order valence-corrected chi connectivity index (χ3v) is 4.26. The van der Waals surface area contributed by atoms with E-state index in [1.165, 1.54) is 38.8 Å². The topological polar surface area (TPSA) is 24.5 Å². The summed E-state index contributed by atoms with van der Waals surface area (Å²) in [5.74, 6) is 0. The number of nitrogens with one attached hydrogen (secondary N) is 1. The van der Waals surface area contributed by atoms with E-state index in [-0.39, 0.29) is 0 Å². The Morgan fingerprint density at radius 2 is 2.12 bits per heavy atom. The first-order valence-electron chi connectivity index (χ1n) is 6.72. The van der Waals surface area contributed by atoms with Crippen molar-refractivity contribution in [2.45, 2.75) is 38.6 Å². The highest BCUT2D eigenvalue weighted by Gasteiger charge is 2.36. The summed E-state index contributed by atoms with van der Waals surface area (Å²) in [6.45, 7) is 7.68. The molecule has 0 radical (unpaired) electrons. The molecule has 1 aliphatic carbocycles. The molecule has 3 heteroatoms. The van der Waals surface area contributed by atoms with Gasteiger partial charge in [-0.3, -0.25) is 4.90 Å². The standard InChI is InChI=1S/C13H26N2O/c1-12-9-16-8-7-15(12)11-13(10-14-2)5-3-4-6-13/h12,14H,3-11H2,1-2H3. The molecule has 94 valence electrons. The van der Waals surface area contributed by atoms with Crippen molar-refractivity contribution >= 4 is 0 Å². The molecule has 1 heterocycles. The lowest BCUT2D eigenvalue weighted by molar-refractivity contribution is -0.0196. The van der Waals surface area contributed by atoms with Crippen molar-refractivity contribution in [3.63, 3.8) is 0 Å². The highest BCUT2D eigenvalue weighted by atomic mass is 16.5. The van der Waals surface area contributed by atoms with E-state index in [1.54, 1.807) is 0 Å². The average Bonchev–Trinajstić information content (AvgIpc) is 2.71. The summed E-state index contributed by atoms with van der Waals surface area (Å²) in [7, 11) is 2.09. The number of ether oxygens (including phenoxy) is 1. The van der Waals surface area contributed by atoms with Gasteiger partial charge in [0.1, 0.15) is 0 Å². The molecule has 2 aliphatic rings. The van der Waals surface area contributed by atoms with Crippen molar-refractivity contribution in [2.75, 3.05) is 39.9 Å². The molecule has 3 nitrogen and oxygen atoms in total. The summed E-state index contributed by atoms with van der Waals surface area (Å²) in [5, 5.41) is 3.40. The highest BCUT2D eigenvalue weighted by molar-refractivity contribution is 4.90. The molecule has 1 N–H and O–H groups in total. The van der Waals surface area contributed by atoms with Crippen LogP contribution < -0.4 is 5.32 Å². The first-order valence-corrected chi connectivity index (χ1v) is 6.72. The van der Waals surface area contributed by atoms with E-state index in [9.17, 15) is 0 Å². The Morgan fingerprint density at radius 3 is 2.75 bits per heavy atom. The molecule has 0 aromatic heterocycles. The molecule has 0 bridgehead atoms. The van der Waals surface area contributed by atoms with Crippen LogP contribution in [0.4, 0.5) is 0 Å². The Hall–Kier alpha value is -0.120. The monoisotopic (exact) mass is 226 g/mol. The molecule has 2 fully saturated rings. The van der Waals surface area contributed by atoms with Crippen LogP contribution in [0.25, 0.3) is 0 Å². The third kappa shape index (κ3) is 2.76. The van der Waals surface area contributed by atoms with Crippen molar-refractivity contribution in [3.05, 3.63) is 0 Å². The van der Waals surface area contributed by atoms with Gasteiger partial charge in [-0.1, -0.05) is 12.8 Å². The van der Waals surface area contributed by atoms with Gasteiger partial charge in [-0.2, -0.15) is 0 Å². The van der Waals surface area contributed by atoms with Crippen molar-refractivity contribution in [1.82, 2.24) is 10.2 Å². The largest absolute Gasteiger partial charge is 0.379 e. The molecule has 0 spiro atoms. The van der Waals surface area contributed by atoms with Gasteiger partial charge in [-0.05, 0) is 32.2 Å². The molecule has 0 aromatic carbocycles. The molecule has 1 saturated heterocycles. The summed E-state index contributed by atoms with van der Waals surface area (Å²) in [6, 6.07) is 0.600. The normalized spacial score (nSPS) is 30.8. The molecule has 0 amide bonds. The first kappa shape index (κ1) is 12.3. The minimum atomic E-state index is 0.542. The minimum absolute atomic E-state index is 0.542. The quantitative estimate of drug-likeness (QED) is 0.786. The van der Waals surface area contributed by atoms with E-state index in [1.807, 2.05) is 0 Å². The molecule has 1 unspecified atom stereocenters. The van der Waals surface area contributed by atoms with E-state index in [4.69, 9.17) is 4.74 Å². The predicted octanol–water partition coefficient (Wildman–Crippen LogP) is 1.49. The van der Waals surface area contributed by atoms with E-state index < -0.39 is 0 Å². The molecular weight excluding hydrogens is 200 g/mol. The summed E-state index contributed by atoms with van der Waals surface area (Å²) in [5.41, 5.74) is 0.542. The molecule has 2 rings (SSSR count). The van der Waals surface area contributed by atoms with Gasteiger partial charge in [0.15, 0.2) is 0 Å². The van der Waals surface area contributed by atoms with Crippen LogP contribution in [0.2, 0.25) is 0 Å². The van der Waals surface area contributed by atoms with E-state index >= 15 is 0 Å². The first-order chi connectivity index (χ1) is 7.76. The zero-order valence-corrected chi connectivity index (χ0v) is 10.8. The summed E-state index contributed by atoms with van der Waals surface area (Å²) >= 11 is 0. The Bertz CT molecular complexity index is 214. The van der Waals surface area contributed by atoms with E-state index in [0.717, 1.165) is 19.8 Å². The van der Waals surface area contributed by atoms with Gasteiger partial charge in [0.05, 0.1) is 13.2 Å². The second-order valence-electron chi connectivity index (χ2n) is 5.63. The number of hydrogen-bond acceptors (Lipinski definition) is 3. The molecule has 1 aliphatic heterocycles. The van der Waals surface area contributed by atoms with Crippen molar-refractivity contribution in [3.8, 4) is 0 Å². The minimum Gasteiger partial charge on any atom is -0.379 e. The fraction of sp³-hybridized carbons (Fsp3) is 1.00. The molecule has 16 heavy (non-hydrogen) atoms. The zero-order valence-electron chi connectivity index (χ0n) is 10.8. The van der Waals surface area contributed by atoms with Crippen molar-refractivity contribution in [1.29, 1.82) is 0 Å². The van der Waals surface area contributed by atoms with Gasteiger partial charge >= 0.3 is 0 Å². The van der Waals surface area contributed by atoms with Gasteiger partial charge in [0.25, 0.3) is 0 Å². The van der Waals surface area contributed by atoms with Crippen LogP contribution in [0, 0.1) is 5.41 Å². The second-order valence-corrected chi connectivity index (χ2v) is 5.63. The number of nitrogens with zero attached hydrogens (tertiary/aromatic N) is 1. The fourth-order valence-electron chi connectivity index (χ4n) is 3.32. The maximum absolute atomic E-state index is 5.51. The van der Waals surface area contributed by atoms with Crippen LogP contribution in [0.3, 0.4) is 0 Å². The van der Waals surface area contributed by atoms with Crippen LogP contribution in [-0.4, -0.2) is 50.8 Å². The Morgan fingerprint density at radius 1 is 1.38 bits per heavy atom. The Labute approximate surface area is 99.5 Å². The van der Waals surface area contributed by atoms with Gasteiger partial charge in [0.2, 0.25) is 0 Å². The number of hydrogen-bond donors (Lipinski definition) is 1. The van der Waals surface area contributed by atoms with E-state index in [2.05, 4.69) is 24.2 Å². The SMILES string of the molecule is CNCC1(CN2CCOCC2C)CCCC1. The second kappa shape index (κ2) is 5.48. The summed E-state index contributed by atoms with van der Waals surface area (Å²) in [4.78, 5) is 2.63. The third-order valence-electron chi connectivity index (χ3n) is 4.26. The summed E-state index contributed by atoms with van der Waals surface area (Å²) < 4.78 is 5.51. The van der Waals surface area contributed by atoms with Gasteiger partial charge in [-0.15, -0.1) is 0 Å². The number of rotatable bonds is 4. The molecule has 1 saturated carbocycles. The molecule has 0 aromatic rings. The highest BCUT2D eigenvalue weighted by Crippen LogP contribution is 2.38. The van der Waals surface area contributed by atoms with Gasteiger partial charge in [0, 0.05) is 25.7 Å².